The number of esters is 1. The lowest BCUT2D eigenvalue weighted by Gasteiger charge is -2.05. The number of phenols is 1. The van der Waals surface area contributed by atoms with Crippen LogP contribution in [0.1, 0.15) is 27.6 Å². The standard InChI is InChI=1S/C11H8O5/c1-5(12)16-11-9(14)7-3-2-6(13)4-8(7)10(11)15/h2-4,11,13H,1H3. The quantitative estimate of drug-likeness (QED) is 0.556. The maximum absolute atomic E-state index is 11.7. The van der Waals surface area contributed by atoms with Gasteiger partial charge in [0.15, 0.2) is 0 Å². The Morgan fingerprint density at radius 3 is 2.50 bits per heavy atom. The first kappa shape index (κ1) is 10.4. The van der Waals surface area contributed by atoms with Crippen molar-refractivity contribution in [2.24, 2.45) is 0 Å². The lowest BCUT2D eigenvalue weighted by molar-refractivity contribution is -0.142. The molecule has 0 aliphatic heterocycles. The molecule has 0 aromatic heterocycles. The van der Waals surface area contributed by atoms with E-state index in [9.17, 15) is 19.5 Å². The van der Waals surface area contributed by atoms with Gasteiger partial charge in [-0.25, -0.2) is 0 Å². The number of Topliss-reactive ketones (excluding diaryl/α,β-unsaturated/α-hetero) is 2. The van der Waals surface area contributed by atoms with Crippen molar-refractivity contribution in [2.75, 3.05) is 0 Å². The van der Waals surface area contributed by atoms with Crippen LogP contribution < -0.4 is 0 Å². The van der Waals surface area contributed by atoms with Crippen LogP contribution in [-0.2, 0) is 9.53 Å². The van der Waals surface area contributed by atoms with Crippen LogP contribution in [0.4, 0.5) is 0 Å². The summed E-state index contributed by atoms with van der Waals surface area (Å²) in [6, 6.07) is 3.84. The number of ketones is 2. The van der Waals surface area contributed by atoms with Gasteiger partial charge < -0.3 is 9.84 Å². The highest BCUT2D eigenvalue weighted by molar-refractivity contribution is 6.29. The van der Waals surface area contributed by atoms with Crippen LogP contribution in [-0.4, -0.2) is 28.7 Å². The zero-order valence-electron chi connectivity index (χ0n) is 8.39. The Balaban J connectivity index is 2.44. The Morgan fingerprint density at radius 1 is 1.25 bits per heavy atom. The zero-order valence-corrected chi connectivity index (χ0v) is 8.39. The Labute approximate surface area is 90.6 Å². The summed E-state index contributed by atoms with van der Waals surface area (Å²) >= 11 is 0. The van der Waals surface area contributed by atoms with Gasteiger partial charge in [0.2, 0.25) is 17.7 Å². The van der Waals surface area contributed by atoms with Crippen LogP contribution in [0.3, 0.4) is 0 Å². The summed E-state index contributed by atoms with van der Waals surface area (Å²) in [4.78, 5) is 34.1. The first-order valence-corrected chi connectivity index (χ1v) is 4.59. The number of fused-ring (bicyclic) bond motifs is 1. The van der Waals surface area contributed by atoms with Crippen molar-refractivity contribution in [3.63, 3.8) is 0 Å². The number of phenolic OH excluding ortho intramolecular Hbond substituents is 1. The van der Waals surface area contributed by atoms with Crippen molar-refractivity contribution in [3.05, 3.63) is 29.3 Å². The van der Waals surface area contributed by atoms with E-state index in [2.05, 4.69) is 4.74 Å². The number of benzene rings is 1. The van der Waals surface area contributed by atoms with E-state index in [1.165, 1.54) is 18.2 Å². The van der Waals surface area contributed by atoms with Crippen LogP contribution >= 0.6 is 0 Å². The smallest absolute Gasteiger partial charge is 0.303 e. The van der Waals surface area contributed by atoms with Gasteiger partial charge in [-0.15, -0.1) is 0 Å². The first-order valence-electron chi connectivity index (χ1n) is 4.59. The zero-order chi connectivity index (χ0) is 11.9. The van der Waals surface area contributed by atoms with E-state index >= 15 is 0 Å². The summed E-state index contributed by atoms with van der Waals surface area (Å²) in [6.45, 7) is 1.13. The minimum absolute atomic E-state index is 0.0938. The van der Waals surface area contributed by atoms with Gasteiger partial charge in [-0.1, -0.05) is 0 Å². The molecule has 1 aromatic carbocycles. The van der Waals surface area contributed by atoms with E-state index < -0.39 is 23.6 Å². The number of carbonyl (C=O) groups excluding carboxylic acids is 3. The van der Waals surface area contributed by atoms with Gasteiger partial charge in [-0.05, 0) is 18.2 Å². The molecular formula is C11H8O5. The van der Waals surface area contributed by atoms with E-state index in [4.69, 9.17) is 0 Å². The predicted molar refractivity (Wildman–Crippen MR) is 52.3 cm³/mol. The van der Waals surface area contributed by atoms with Gasteiger partial charge in [0.25, 0.3) is 0 Å². The third-order valence-electron chi connectivity index (χ3n) is 2.29. The highest BCUT2D eigenvalue weighted by Gasteiger charge is 2.41. The predicted octanol–water partition coefficient (Wildman–Crippen LogP) is 0.703. The minimum Gasteiger partial charge on any atom is -0.508 e. The monoisotopic (exact) mass is 220 g/mol. The van der Waals surface area contributed by atoms with Crippen LogP contribution in [0.2, 0.25) is 0 Å². The van der Waals surface area contributed by atoms with Crippen molar-refractivity contribution in [3.8, 4) is 5.75 Å². The molecule has 16 heavy (non-hydrogen) atoms. The van der Waals surface area contributed by atoms with E-state index in [0.717, 1.165) is 6.92 Å². The summed E-state index contributed by atoms with van der Waals surface area (Å²) in [5.41, 5.74) is 0.269. The summed E-state index contributed by atoms with van der Waals surface area (Å²) in [5.74, 6) is -1.94. The highest BCUT2D eigenvalue weighted by atomic mass is 16.5. The van der Waals surface area contributed by atoms with Crippen molar-refractivity contribution >= 4 is 17.5 Å². The molecule has 1 aliphatic carbocycles. The first-order chi connectivity index (χ1) is 7.50. The number of hydrogen-bond acceptors (Lipinski definition) is 5. The molecule has 1 aromatic rings. The van der Waals surface area contributed by atoms with E-state index in [1.54, 1.807) is 0 Å². The van der Waals surface area contributed by atoms with Crippen LogP contribution in [0.15, 0.2) is 18.2 Å². The molecule has 0 bridgehead atoms. The van der Waals surface area contributed by atoms with Gasteiger partial charge in [0.1, 0.15) is 5.75 Å². The molecule has 1 atom stereocenters. The molecule has 82 valence electrons. The minimum atomic E-state index is -1.39. The Morgan fingerprint density at radius 2 is 1.88 bits per heavy atom. The van der Waals surface area contributed by atoms with Crippen molar-refractivity contribution < 1.29 is 24.2 Å². The summed E-state index contributed by atoms with van der Waals surface area (Å²) in [6.07, 6.45) is -1.39. The second-order valence-corrected chi connectivity index (χ2v) is 3.45. The Kier molecular flexibility index (Phi) is 2.23. The van der Waals surface area contributed by atoms with Gasteiger partial charge in [0.05, 0.1) is 0 Å². The summed E-state index contributed by atoms with van der Waals surface area (Å²) < 4.78 is 4.64. The topological polar surface area (TPSA) is 80.7 Å². The van der Waals surface area contributed by atoms with E-state index in [1.807, 2.05) is 0 Å². The van der Waals surface area contributed by atoms with Crippen molar-refractivity contribution in [1.82, 2.24) is 0 Å². The number of carbonyl (C=O) groups is 3. The SMILES string of the molecule is CC(=O)OC1C(=O)c2ccc(O)cc2C1=O. The van der Waals surface area contributed by atoms with E-state index in [-0.39, 0.29) is 16.9 Å². The Hall–Kier alpha value is -2.17. The van der Waals surface area contributed by atoms with Crippen molar-refractivity contribution in [2.45, 2.75) is 13.0 Å². The third-order valence-corrected chi connectivity index (χ3v) is 2.29. The average Bonchev–Trinajstić information content (AvgIpc) is 2.43. The van der Waals surface area contributed by atoms with Gasteiger partial charge in [-0.3, -0.25) is 14.4 Å². The normalized spacial score (nSPS) is 18.4. The Bertz CT molecular complexity index is 503. The van der Waals surface area contributed by atoms with Crippen LogP contribution in [0, 0.1) is 0 Å². The van der Waals surface area contributed by atoms with E-state index in [0.29, 0.717) is 0 Å². The molecule has 0 heterocycles. The summed E-state index contributed by atoms with van der Waals surface area (Å²) in [5, 5.41) is 9.20. The van der Waals surface area contributed by atoms with Gasteiger partial charge >= 0.3 is 5.97 Å². The fraction of sp³-hybridized carbons (Fsp3) is 0.182. The maximum atomic E-state index is 11.7. The lowest BCUT2D eigenvalue weighted by atomic mass is 10.1. The average molecular weight is 220 g/mol. The molecule has 1 N–H and O–H groups in total. The molecule has 1 aliphatic rings. The largest absolute Gasteiger partial charge is 0.508 e. The molecule has 0 saturated heterocycles. The fourth-order valence-electron chi connectivity index (χ4n) is 1.63. The summed E-state index contributed by atoms with van der Waals surface area (Å²) in [7, 11) is 0. The number of hydrogen-bond donors (Lipinski definition) is 1. The van der Waals surface area contributed by atoms with Crippen molar-refractivity contribution in [1.29, 1.82) is 0 Å². The second-order valence-electron chi connectivity index (χ2n) is 3.45. The maximum Gasteiger partial charge on any atom is 0.303 e. The molecule has 0 amide bonds. The fourth-order valence-corrected chi connectivity index (χ4v) is 1.63. The molecule has 2 rings (SSSR count). The molecule has 1 unspecified atom stereocenters. The molecular weight excluding hydrogens is 212 g/mol. The molecule has 0 spiro atoms. The highest BCUT2D eigenvalue weighted by Crippen LogP contribution is 2.27. The molecule has 0 fully saturated rings. The second kappa shape index (κ2) is 3.44. The van der Waals surface area contributed by atoms with Gasteiger partial charge in [0, 0.05) is 18.1 Å². The number of aromatic hydroxyl groups is 1. The lowest BCUT2D eigenvalue weighted by Crippen LogP contribution is -2.27. The molecule has 5 nitrogen and oxygen atoms in total. The number of ether oxygens (including phenoxy) is 1. The molecule has 0 saturated carbocycles. The van der Waals surface area contributed by atoms with Gasteiger partial charge in [-0.2, -0.15) is 0 Å². The van der Waals surface area contributed by atoms with Crippen LogP contribution in [0.5, 0.6) is 5.75 Å². The van der Waals surface area contributed by atoms with Crippen LogP contribution in [0.25, 0.3) is 0 Å². The molecule has 5 heteroatoms. The third kappa shape index (κ3) is 1.46. The molecule has 0 radical (unpaired) electrons. The number of rotatable bonds is 1.